The van der Waals surface area contributed by atoms with E-state index in [0.717, 1.165) is 0 Å². The molecule has 1 aliphatic heterocycles. The number of allylic oxidation sites excluding steroid dienone is 1. The van der Waals surface area contributed by atoms with Crippen LogP contribution >= 0.6 is 0 Å². The molecule has 0 aromatic carbocycles. The average molecular weight is 481 g/mol. The molecule has 194 valence electrons. The smallest absolute Gasteiger partial charge is 0.324 e. The van der Waals surface area contributed by atoms with Gasteiger partial charge in [-0.05, 0) is 67.2 Å². The van der Waals surface area contributed by atoms with Crippen LogP contribution in [0.15, 0.2) is 24.1 Å². The number of esters is 2. The van der Waals surface area contributed by atoms with Gasteiger partial charge < -0.3 is 19.5 Å². The number of carbonyl (C=O) groups excluding carboxylic acids is 3. The molecule has 1 N–H and O–H groups in total. The minimum Gasteiger partial charge on any atom is -0.503 e. The molecule has 2 unspecified atom stereocenters. The summed E-state index contributed by atoms with van der Waals surface area (Å²) in [6, 6.07) is -1.46. The summed E-state index contributed by atoms with van der Waals surface area (Å²) in [6.07, 6.45) is 6.47. The van der Waals surface area contributed by atoms with Crippen LogP contribution in [-0.2, 0) is 28.6 Å². The standard InChI is InChI=1S/C26H44N2O6/c1-11-13-18-14-21(23(30)33-25(4,5)6)28(15-18)22(24(31)34-26(7,8)9)19(12-2)20(16-32-10)27-17(3)29/h11,13,16,18-19,21-22H,12,14-15H2,1-10H3,(H,27,29)/t18?,19-,21?,22+/m0/s1. The van der Waals surface area contributed by atoms with Gasteiger partial charge in [0.15, 0.2) is 0 Å². The minimum atomic E-state index is -0.828. The maximum absolute atomic E-state index is 13.6. The number of amides is 1. The number of methoxy groups -OCH3 is 1. The lowest BCUT2D eigenvalue weighted by Gasteiger charge is -2.38. The first-order valence-electron chi connectivity index (χ1n) is 12.0. The molecule has 1 amide bonds. The zero-order valence-electron chi connectivity index (χ0n) is 22.6. The van der Waals surface area contributed by atoms with Crippen LogP contribution in [0.3, 0.4) is 0 Å². The number of likely N-dealkylation sites (tertiary alicyclic amines) is 1. The van der Waals surface area contributed by atoms with E-state index < -0.39 is 35.2 Å². The van der Waals surface area contributed by atoms with Crippen LogP contribution in [0.25, 0.3) is 0 Å². The van der Waals surface area contributed by atoms with Crippen LogP contribution in [0.4, 0.5) is 0 Å². The zero-order chi connectivity index (χ0) is 26.3. The molecule has 0 aliphatic carbocycles. The summed E-state index contributed by atoms with van der Waals surface area (Å²) >= 11 is 0. The average Bonchev–Trinajstić information content (AvgIpc) is 3.06. The van der Waals surface area contributed by atoms with E-state index in [0.29, 0.717) is 25.1 Å². The van der Waals surface area contributed by atoms with Crippen LogP contribution in [0.5, 0.6) is 0 Å². The van der Waals surface area contributed by atoms with Crippen molar-refractivity contribution in [3.8, 4) is 0 Å². The van der Waals surface area contributed by atoms with E-state index in [4.69, 9.17) is 14.2 Å². The molecule has 0 spiro atoms. The highest BCUT2D eigenvalue weighted by atomic mass is 16.6. The third kappa shape index (κ3) is 9.12. The Balaban J connectivity index is 3.59. The fourth-order valence-corrected chi connectivity index (χ4v) is 4.26. The molecule has 1 saturated heterocycles. The monoisotopic (exact) mass is 480 g/mol. The molecule has 1 aliphatic rings. The van der Waals surface area contributed by atoms with Crippen molar-refractivity contribution in [3.63, 3.8) is 0 Å². The van der Waals surface area contributed by atoms with Gasteiger partial charge in [-0.2, -0.15) is 0 Å². The Morgan fingerprint density at radius 1 is 1.09 bits per heavy atom. The fraction of sp³-hybridized carbons (Fsp3) is 0.731. The van der Waals surface area contributed by atoms with E-state index >= 15 is 0 Å². The molecular weight excluding hydrogens is 436 g/mol. The number of rotatable bonds is 9. The van der Waals surface area contributed by atoms with Gasteiger partial charge in [-0.1, -0.05) is 19.1 Å². The maximum atomic E-state index is 13.6. The number of nitrogens with one attached hydrogen (secondary N) is 1. The first-order chi connectivity index (χ1) is 15.6. The highest BCUT2D eigenvalue weighted by molar-refractivity contribution is 5.82. The Kier molecular flexibility index (Phi) is 10.8. The van der Waals surface area contributed by atoms with Gasteiger partial charge in [-0.15, -0.1) is 0 Å². The highest BCUT2D eigenvalue weighted by Crippen LogP contribution is 2.34. The minimum absolute atomic E-state index is 0.0700. The van der Waals surface area contributed by atoms with Crippen molar-refractivity contribution in [2.75, 3.05) is 13.7 Å². The number of carbonyl (C=O) groups is 3. The summed E-state index contributed by atoms with van der Waals surface area (Å²) in [5.74, 6) is -1.52. The largest absolute Gasteiger partial charge is 0.503 e. The van der Waals surface area contributed by atoms with Crippen LogP contribution in [0, 0.1) is 11.8 Å². The van der Waals surface area contributed by atoms with Crippen molar-refractivity contribution in [2.45, 2.75) is 98.4 Å². The quantitative estimate of drug-likeness (QED) is 0.303. The summed E-state index contributed by atoms with van der Waals surface area (Å²) in [5, 5.41) is 2.80. The zero-order valence-corrected chi connectivity index (χ0v) is 22.6. The maximum Gasteiger partial charge on any atom is 0.324 e. The summed E-state index contributed by atoms with van der Waals surface area (Å²) < 4.78 is 16.8. The summed E-state index contributed by atoms with van der Waals surface area (Å²) in [6.45, 7) is 16.6. The number of hydrogen-bond acceptors (Lipinski definition) is 7. The molecule has 0 radical (unpaired) electrons. The van der Waals surface area contributed by atoms with Crippen LogP contribution in [0.2, 0.25) is 0 Å². The normalized spacial score (nSPS) is 21.8. The van der Waals surface area contributed by atoms with E-state index in [2.05, 4.69) is 5.32 Å². The molecule has 1 fully saturated rings. The van der Waals surface area contributed by atoms with Crippen LogP contribution in [0.1, 0.15) is 75.2 Å². The SMILES string of the molecule is CC=CC1CC(C(=O)OC(C)(C)C)N([C@@H](C(=O)OC(C)(C)C)[C@@H](CC)C(=COC)NC(C)=O)C1. The van der Waals surface area contributed by atoms with Crippen molar-refractivity contribution in [3.05, 3.63) is 24.1 Å². The molecule has 4 atom stereocenters. The van der Waals surface area contributed by atoms with Crippen LogP contribution < -0.4 is 5.32 Å². The molecule has 0 aromatic rings. The van der Waals surface area contributed by atoms with Gasteiger partial charge in [-0.3, -0.25) is 19.3 Å². The molecule has 0 bridgehead atoms. The lowest BCUT2D eigenvalue weighted by molar-refractivity contribution is -0.169. The van der Waals surface area contributed by atoms with Gasteiger partial charge in [0.2, 0.25) is 5.91 Å². The summed E-state index contributed by atoms with van der Waals surface area (Å²) in [7, 11) is 1.48. The molecular formula is C26H44N2O6. The van der Waals surface area contributed by atoms with Crippen LogP contribution in [-0.4, -0.2) is 59.7 Å². The highest BCUT2D eigenvalue weighted by Gasteiger charge is 2.48. The van der Waals surface area contributed by atoms with Gasteiger partial charge in [0.25, 0.3) is 0 Å². The number of hydrogen-bond donors (Lipinski definition) is 1. The fourth-order valence-electron chi connectivity index (χ4n) is 4.26. The second-order valence-electron chi connectivity index (χ2n) is 10.8. The second kappa shape index (κ2) is 12.4. The molecule has 34 heavy (non-hydrogen) atoms. The Morgan fingerprint density at radius 2 is 1.68 bits per heavy atom. The predicted octanol–water partition coefficient (Wildman–Crippen LogP) is 3.96. The van der Waals surface area contributed by atoms with Gasteiger partial charge in [0, 0.05) is 19.4 Å². The molecule has 1 heterocycles. The Morgan fingerprint density at radius 3 is 2.12 bits per heavy atom. The van der Waals surface area contributed by atoms with Crippen molar-refractivity contribution < 1.29 is 28.6 Å². The molecule has 1 rings (SSSR count). The summed E-state index contributed by atoms with van der Waals surface area (Å²) in [5.41, 5.74) is -0.924. The van der Waals surface area contributed by atoms with E-state index in [1.165, 1.54) is 20.3 Å². The summed E-state index contributed by atoms with van der Waals surface area (Å²) in [4.78, 5) is 40.7. The lowest BCUT2D eigenvalue weighted by atomic mass is 9.91. The topological polar surface area (TPSA) is 94.2 Å². The number of ether oxygens (including phenoxy) is 3. The Hall–Kier alpha value is -2.35. The van der Waals surface area contributed by atoms with Gasteiger partial charge in [-0.25, -0.2) is 0 Å². The lowest BCUT2D eigenvalue weighted by Crippen LogP contribution is -2.54. The Bertz CT molecular complexity index is 775. The van der Waals surface area contributed by atoms with Gasteiger partial charge in [0.05, 0.1) is 12.8 Å². The Labute approximate surface area is 205 Å². The molecule has 0 saturated carbocycles. The molecule has 8 nitrogen and oxygen atoms in total. The van der Waals surface area contributed by atoms with Crippen molar-refractivity contribution in [1.82, 2.24) is 10.2 Å². The predicted molar refractivity (Wildman–Crippen MR) is 132 cm³/mol. The van der Waals surface area contributed by atoms with Gasteiger partial charge >= 0.3 is 11.9 Å². The first kappa shape index (κ1) is 29.7. The van der Waals surface area contributed by atoms with Crippen molar-refractivity contribution in [2.24, 2.45) is 11.8 Å². The van der Waals surface area contributed by atoms with E-state index in [1.54, 1.807) is 20.8 Å². The third-order valence-corrected chi connectivity index (χ3v) is 5.31. The third-order valence-electron chi connectivity index (χ3n) is 5.31. The second-order valence-corrected chi connectivity index (χ2v) is 10.8. The molecule has 0 aromatic heterocycles. The number of nitrogens with zero attached hydrogens (tertiary/aromatic N) is 1. The van der Waals surface area contributed by atoms with E-state index in [1.807, 2.05) is 51.7 Å². The van der Waals surface area contributed by atoms with Crippen molar-refractivity contribution >= 4 is 17.8 Å². The van der Waals surface area contributed by atoms with Crippen molar-refractivity contribution in [1.29, 1.82) is 0 Å². The van der Waals surface area contributed by atoms with Gasteiger partial charge in [0.1, 0.15) is 29.5 Å². The van der Waals surface area contributed by atoms with E-state index in [9.17, 15) is 14.4 Å². The molecule has 8 heteroatoms. The van der Waals surface area contributed by atoms with E-state index in [-0.39, 0.29) is 17.8 Å². The first-order valence-corrected chi connectivity index (χ1v) is 12.0.